The number of anilines is 1. The van der Waals surface area contributed by atoms with Crippen LogP contribution in [0, 0.1) is 5.92 Å². The quantitative estimate of drug-likeness (QED) is 0.534. The number of benzene rings is 2. The van der Waals surface area contributed by atoms with Crippen LogP contribution < -0.4 is 5.32 Å². The molecule has 1 N–H and O–H groups in total. The van der Waals surface area contributed by atoms with Gasteiger partial charge in [0, 0.05) is 25.4 Å². The van der Waals surface area contributed by atoms with Gasteiger partial charge in [-0.2, -0.15) is 18.3 Å². The van der Waals surface area contributed by atoms with Crippen LogP contribution in [0.4, 0.5) is 19.0 Å². The standard InChI is InChI=1S/C26H25F3N4O3/c1-36-25(35)20-15-32(14-19(20)16-8-4-2-5-9-16)24(34)18-13-30-33-22(26(27,28)29)12-21(31-23(18)33)17-10-6-3-7-11-17/h2-11,13,19-22,31H,12,14-15H2,1H3/t19?,20?,21?,22-/m0/s1. The van der Waals surface area contributed by atoms with Gasteiger partial charge in [-0.15, -0.1) is 0 Å². The molecular formula is C26H25F3N4O3. The van der Waals surface area contributed by atoms with E-state index in [9.17, 15) is 22.8 Å². The van der Waals surface area contributed by atoms with Gasteiger partial charge in [0.1, 0.15) is 11.4 Å². The molecule has 0 bridgehead atoms. The summed E-state index contributed by atoms with van der Waals surface area (Å²) in [6.45, 7) is 0.332. The van der Waals surface area contributed by atoms with Crippen LogP contribution in [0.3, 0.4) is 0 Å². The number of carbonyl (C=O) groups is 2. The molecule has 0 radical (unpaired) electrons. The fourth-order valence-electron chi connectivity index (χ4n) is 5.19. The maximum Gasteiger partial charge on any atom is 0.410 e. The van der Waals surface area contributed by atoms with Crippen molar-refractivity contribution in [3.63, 3.8) is 0 Å². The van der Waals surface area contributed by atoms with Crippen LogP contribution in [0.25, 0.3) is 0 Å². The van der Waals surface area contributed by atoms with Gasteiger partial charge >= 0.3 is 12.1 Å². The molecule has 7 nitrogen and oxygen atoms in total. The third kappa shape index (κ3) is 4.31. The minimum absolute atomic E-state index is 0.0280. The number of rotatable bonds is 4. The topological polar surface area (TPSA) is 76.5 Å². The fraction of sp³-hybridized carbons (Fsp3) is 0.346. The Hall–Kier alpha value is -3.82. The predicted molar refractivity (Wildman–Crippen MR) is 125 cm³/mol. The predicted octanol–water partition coefficient (Wildman–Crippen LogP) is 4.57. The molecule has 2 aliphatic rings. The van der Waals surface area contributed by atoms with Crippen molar-refractivity contribution in [1.29, 1.82) is 0 Å². The van der Waals surface area contributed by atoms with E-state index < -0.39 is 36.1 Å². The third-order valence-corrected chi connectivity index (χ3v) is 7.01. The number of carbonyl (C=O) groups excluding carboxylic acids is 2. The molecule has 0 aliphatic carbocycles. The summed E-state index contributed by atoms with van der Waals surface area (Å²) in [5.74, 6) is -1.76. The molecule has 4 atom stereocenters. The Morgan fingerprint density at radius 2 is 1.64 bits per heavy atom. The summed E-state index contributed by atoms with van der Waals surface area (Å²) < 4.78 is 47.8. The van der Waals surface area contributed by atoms with Crippen LogP contribution in [0.15, 0.2) is 66.9 Å². The van der Waals surface area contributed by atoms with Gasteiger partial charge < -0.3 is 15.0 Å². The number of nitrogens with one attached hydrogen (secondary N) is 1. The number of halogens is 3. The summed E-state index contributed by atoms with van der Waals surface area (Å²) in [6.07, 6.45) is -3.61. The molecule has 1 fully saturated rings. The van der Waals surface area contributed by atoms with Crippen molar-refractivity contribution >= 4 is 17.7 Å². The lowest BCUT2D eigenvalue weighted by molar-refractivity contribution is -0.173. The second-order valence-electron chi connectivity index (χ2n) is 9.11. The first-order chi connectivity index (χ1) is 17.3. The number of ether oxygens (including phenoxy) is 1. The molecule has 0 spiro atoms. The lowest BCUT2D eigenvalue weighted by Crippen LogP contribution is -2.37. The summed E-state index contributed by atoms with van der Waals surface area (Å²) >= 11 is 0. The van der Waals surface area contributed by atoms with Crippen molar-refractivity contribution in [2.75, 3.05) is 25.5 Å². The summed E-state index contributed by atoms with van der Waals surface area (Å²) in [7, 11) is 1.30. The number of nitrogens with zero attached hydrogens (tertiary/aromatic N) is 3. The molecule has 1 aromatic heterocycles. The van der Waals surface area contributed by atoms with E-state index >= 15 is 0 Å². The number of methoxy groups -OCH3 is 1. The zero-order chi connectivity index (χ0) is 25.4. The van der Waals surface area contributed by atoms with Crippen LogP contribution in [-0.4, -0.2) is 52.9 Å². The highest BCUT2D eigenvalue weighted by Crippen LogP contribution is 2.45. The number of fused-ring (bicyclic) bond motifs is 1. The van der Waals surface area contributed by atoms with Crippen molar-refractivity contribution in [2.24, 2.45) is 5.92 Å². The maximum absolute atomic E-state index is 14.0. The van der Waals surface area contributed by atoms with Crippen LogP contribution in [0.1, 0.15) is 45.9 Å². The Balaban J connectivity index is 1.47. The van der Waals surface area contributed by atoms with Gasteiger partial charge in [0.25, 0.3) is 5.91 Å². The molecular weight excluding hydrogens is 473 g/mol. The molecule has 5 rings (SSSR count). The molecule has 1 saturated heterocycles. The SMILES string of the molecule is COC(=O)C1CN(C(=O)c2cnn3c2NC(c2ccccc2)C[C@H]3C(F)(F)F)CC1c1ccccc1. The molecule has 10 heteroatoms. The molecule has 36 heavy (non-hydrogen) atoms. The van der Waals surface area contributed by atoms with Crippen LogP contribution in [0.2, 0.25) is 0 Å². The first kappa shape index (κ1) is 23.9. The van der Waals surface area contributed by atoms with Crippen molar-refractivity contribution < 1.29 is 27.5 Å². The number of aromatic nitrogens is 2. The minimum Gasteiger partial charge on any atom is -0.469 e. The lowest BCUT2D eigenvalue weighted by Gasteiger charge is -2.34. The highest BCUT2D eigenvalue weighted by atomic mass is 19.4. The van der Waals surface area contributed by atoms with E-state index in [1.807, 2.05) is 30.3 Å². The molecule has 3 heterocycles. The zero-order valence-electron chi connectivity index (χ0n) is 19.5. The second kappa shape index (κ2) is 9.33. The summed E-state index contributed by atoms with van der Waals surface area (Å²) in [5, 5.41) is 7.09. The number of hydrogen-bond donors (Lipinski definition) is 1. The van der Waals surface area contributed by atoms with Crippen LogP contribution in [-0.2, 0) is 9.53 Å². The van der Waals surface area contributed by atoms with Crippen LogP contribution in [0.5, 0.6) is 0 Å². The Morgan fingerprint density at radius 1 is 1.00 bits per heavy atom. The van der Waals surface area contributed by atoms with Gasteiger partial charge in [-0.1, -0.05) is 60.7 Å². The summed E-state index contributed by atoms with van der Waals surface area (Å²) in [4.78, 5) is 27.6. The Kier molecular flexibility index (Phi) is 6.19. The molecule has 2 aromatic carbocycles. The fourth-order valence-corrected chi connectivity index (χ4v) is 5.19. The molecule has 1 amide bonds. The molecule has 3 unspecified atom stereocenters. The van der Waals surface area contributed by atoms with Gasteiger partial charge in [-0.05, 0) is 11.1 Å². The van der Waals surface area contributed by atoms with E-state index in [1.165, 1.54) is 18.2 Å². The van der Waals surface area contributed by atoms with Gasteiger partial charge in [-0.25, -0.2) is 4.68 Å². The van der Waals surface area contributed by atoms with Gasteiger partial charge in [0.2, 0.25) is 0 Å². The van der Waals surface area contributed by atoms with Crippen molar-refractivity contribution in [2.45, 2.75) is 30.6 Å². The van der Waals surface area contributed by atoms with E-state index in [2.05, 4.69) is 10.4 Å². The molecule has 2 aliphatic heterocycles. The number of likely N-dealkylation sites (tertiary alicyclic amines) is 1. The average molecular weight is 499 g/mol. The summed E-state index contributed by atoms with van der Waals surface area (Å²) in [6, 6.07) is 15.6. The smallest absolute Gasteiger partial charge is 0.410 e. The van der Waals surface area contributed by atoms with E-state index in [4.69, 9.17) is 4.74 Å². The summed E-state index contributed by atoms with van der Waals surface area (Å²) in [5.41, 5.74) is 1.62. The average Bonchev–Trinajstić information content (AvgIpc) is 3.53. The normalized spacial score (nSPS) is 23.6. The van der Waals surface area contributed by atoms with E-state index in [0.717, 1.165) is 10.2 Å². The highest BCUT2D eigenvalue weighted by molar-refractivity contribution is 5.99. The van der Waals surface area contributed by atoms with Crippen molar-refractivity contribution in [3.8, 4) is 0 Å². The maximum atomic E-state index is 14.0. The molecule has 188 valence electrons. The van der Waals surface area contributed by atoms with Crippen LogP contribution >= 0.6 is 0 Å². The largest absolute Gasteiger partial charge is 0.469 e. The number of hydrogen-bond acceptors (Lipinski definition) is 5. The lowest BCUT2D eigenvalue weighted by atomic mass is 9.89. The number of esters is 1. The van der Waals surface area contributed by atoms with Crippen molar-refractivity contribution in [3.05, 3.63) is 83.6 Å². The molecule has 3 aromatic rings. The minimum atomic E-state index is -4.54. The second-order valence-corrected chi connectivity index (χ2v) is 9.11. The first-order valence-electron chi connectivity index (χ1n) is 11.7. The van der Waals surface area contributed by atoms with E-state index in [0.29, 0.717) is 5.56 Å². The number of amides is 1. The first-order valence-corrected chi connectivity index (χ1v) is 11.7. The third-order valence-electron chi connectivity index (χ3n) is 7.01. The van der Waals surface area contributed by atoms with Gasteiger partial charge in [0.05, 0.1) is 25.3 Å². The van der Waals surface area contributed by atoms with Gasteiger partial charge in [0.15, 0.2) is 6.04 Å². The monoisotopic (exact) mass is 498 g/mol. The molecule has 0 saturated carbocycles. The Labute approximate surface area is 205 Å². The van der Waals surface area contributed by atoms with E-state index in [1.54, 1.807) is 30.3 Å². The Morgan fingerprint density at radius 3 is 2.25 bits per heavy atom. The van der Waals surface area contributed by atoms with Crippen molar-refractivity contribution in [1.82, 2.24) is 14.7 Å². The zero-order valence-corrected chi connectivity index (χ0v) is 19.5. The van der Waals surface area contributed by atoms with E-state index in [-0.39, 0.29) is 36.8 Å². The Bertz CT molecular complexity index is 1250. The highest BCUT2D eigenvalue weighted by Gasteiger charge is 2.48. The van der Waals surface area contributed by atoms with Gasteiger partial charge in [-0.3, -0.25) is 9.59 Å². The number of alkyl halides is 3.